The van der Waals surface area contributed by atoms with Crippen molar-refractivity contribution in [1.82, 2.24) is 15.0 Å². The van der Waals surface area contributed by atoms with Crippen LogP contribution in [0.4, 0.5) is 5.95 Å². The van der Waals surface area contributed by atoms with Crippen molar-refractivity contribution in [3.63, 3.8) is 0 Å². The Morgan fingerprint density at radius 1 is 0.903 bits per heavy atom. The van der Waals surface area contributed by atoms with Crippen LogP contribution < -0.4 is 5.43 Å². The van der Waals surface area contributed by atoms with Gasteiger partial charge in [-0.25, -0.2) is 15.4 Å². The molecule has 0 amide bonds. The summed E-state index contributed by atoms with van der Waals surface area (Å²) in [5.74, 6) is 0.415. The van der Waals surface area contributed by atoms with E-state index >= 15 is 0 Å². The first-order valence-electron chi connectivity index (χ1n) is 9.53. The molecule has 0 spiro atoms. The molecule has 5 rings (SSSR count). The molecular formula is C24H15BrClN5. The maximum atomic E-state index is 6.06. The predicted molar refractivity (Wildman–Crippen MR) is 131 cm³/mol. The van der Waals surface area contributed by atoms with E-state index < -0.39 is 0 Å². The van der Waals surface area contributed by atoms with E-state index in [1.165, 1.54) is 0 Å². The van der Waals surface area contributed by atoms with Crippen molar-refractivity contribution in [2.45, 2.75) is 0 Å². The Morgan fingerprint density at radius 3 is 2.61 bits per heavy atom. The van der Waals surface area contributed by atoms with Crippen molar-refractivity contribution >= 4 is 61.5 Å². The largest absolute Gasteiger partial charge is 0.256 e. The number of aromatic nitrogens is 3. The number of hydrazone groups is 1. The highest BCUT2D eigenvalue weighted by atomic mass is 79.9. The van der Waals surface area contributed by atoms with Crippen LogP contribution in [0.1, 0.15) is 5.56 Å². The number of hydrogen-bond donors (Lipinski definition) is 1. The molecule has 0 atom stereocenters. The Labute approximate surface area is 192 Å². The van der Waals surface area contributed by atoms with Crippen LogP contribution in [0.5, 0.6) is 0 Å². The molecule has 7 heteroatoms. The SMILES string of the molecule is Clc1ccc(-c2nc(N/N=C/c3ccc4ncccc4c3)nc3ccc(Br)cc23)cc1. The quantitative estimate of drug-likeness (QED) is 0.226. The van der Waals surface area contributed by atoms with Gasteiger partial charge < -0.3 is 0 Å². The Morgan fingerprint density at radius 2 is 1.74 bits per heavy atom. The first kappa shape index (κ1) is 19.6. The summed E-state index contributed by atoms with van der Waals surface area (Å²) in [5, 5.41) is 7.02. The lowest BCUT2D eigenvalue weighted by Gasteiger charge is -2.09. The lowest BCUT2D eigenvalue weighted by Crippen LogP contribution is -2.00. The van der Waals surface area contributed by atoms with Gasteiger partial charge >= 0.3 is 0 Å². The molecule has 0 saturated carbocycles. The topological polar surface area (TPSA) is 63.1 Å². The Kier molecular flexibility index (Phi) is 5.32. The molecule has 5 nitrogen and oxygen atoms in total. The number of anilines is 1. The minimum Gasteiger partial charge on any atom is -0.256 e. The highest BCUT2D eigenvalue weighted by molar-refractivity contribution is 9.10. The zero-order valence-electron chi connectivity index (χ0n) is 16.1. The molecule has 2 aromatic heterocycles. The highest BCUT2D eigenvalue weighted by Crippen LogP contribution is 2.30. The number of hydrogen-bond acceptors (Lipinski definition) is 5. The van der Waals surface area contributed by atoms with Crippen molar-refractivity contribution in [3.05, 3.63) is 94.1 Å². The zero-order chi connectivity index (χ0) is 21.2. The van der Waals surface area contributed by atoms with E-state index in [0.717, 1.165) is 43.1 Å². The lowest BCUT2D eigenvalue weighted by molar-refractivity contribution is 1.16. The molecule has 2 heterocycles. The van der Waals surface area contributed by atoms with Crippen molar-refractivity contribution in [2.24, 2.45) is 5.10 Å². The number of benzene rings is 3. The molecular weight excluding hydrogens is 474 g/mol. The van der Waals surface area contributed by atoms with Crippen LogP contribution in [-0.2, 0) is 0 Å². The maximum Gasteiger partial charge on any atom is 0.244 e. The third kappa shape index (κ3) is 4.26. The van der Waals surface area contributed by atoms with Gasteiger partial charge in [0.05, 0.1) is 22.9 Å². The van der Waals surface area contributed by atoms with E-state index in [4.69, 9.17) is 16.6 Å². The second kappa shape index (κ2) is 8.41. The third-order valence-electron chi connectivity index (χ3n) is 4.78. The third-order valence-corrected chi connectivity index (χ3v) is 5.53. The van der Waals surface area contributed by atoms with Gasteiger partial charge in [0.15, 0.2) is 0 Å². The zero-order valence-corrected chi connectivity index (χ0v) is 18.5. The van der Waals surface area contributed by atoms with E-state index in [2.05, 4.69) is 36.4 Å². The summed E-state index contributed by atoms with van der Waals surface area (Å²) in [6, 6.07) is 23.4. The van der Waals surface area contributed by atoms with Gasteiger partial charge in [-0.3, -0.25) is 4.98 Å². The summed E-state index contributed by atoms with van der Waals surface area (Å²) in [6.07, 6.45) is 3.52. The average Bonchev–Trinajstić information content (AvgIpc) is 2.79. The Balaban J connectivity index is 1.49. The van der Waals surface area contributed by atoms with Gasteiger partial charge in [0, 0.05) is 32.0 Å². The van der Waals surface area contributed by atoms with Gasteiger partial charge in [-0.15, -0.1) is 0 Å². The van der Waals surface area contributed by atoms with Gasteiger partial charge in [0.1, 0.15) is 0 Å². The normalized spacial score (nSPS) is 11.4. The molecule has 31 heavy (non-hydrogen) atoms. The second-order valence-electron chi connectivity index (χ2n) is 6.89. The molecule has 0 saturated heterocycles. The molecule has 1 N–H and O–H groups in total. The fraction of sp³-hybridized carbons (Fsp3) is 0. The standard InChI is InChI=1S/C24H15BrClN5/c25-18-6-10-22-20(13-18)23(16-4-7-19(26)8-5-16)30-24(29-22)31-28-14-15-3-9-21-17(12-15)2-1-11-27-21/h1-14H,(H,29,30,31)/b28-14+. The first-order valence-corrected chi connectivity index (χ1v) is 10.7. The summed E-state index contributed by atoms with van der Waals surface area (Å²) in [7, 11) is 0. The van der Waals surface area contributed by atoms with Crippen LogP contribution in [0.3, 0.4) is 0 Å². The smallest absolute Gasteiger partial charge is 0.244 e. The number of nitrogens with zero attached hydrogens (tertiary/aromatic N) is 4. The molecule has 0 aliphatic carbocycles. The minimum absolute atomic E-state index is 0.415. The van der Waals surface area contributed by atoms with Gasteiger partial charge in [-0.1, -0.05) is 51.8 Å². The summed E-state index contributed by atoms with van der Waals surface area (Å²) in [6.45, 7) is 0. The van der Waals surface area contributed by atoms with Crippen LogP contribution in [-0.4, -0.2) is 21.2 Å². The fourth-order valence-electron chi connectivity index (χ4n) is 3.32. The van der Waals surface area contributed by atoms with Crippen LogP contribution in [0, 0.1) is 0 Å². The van der Waals surface area contributed by atoms with Gasteiger partial charge in [0.2, 0.25) is 5.95 Å². The monoisotopic (exact) mass is 487 g/mol. The summed E-state index contributed by atoms with van der Waals surface area (Å²) in [4.78, 5) is 13.7. The summed E-state index contributed by atoms with van der Waals surface area (Å²) in [5.41, 5.74) is 7.43. The number of halogens is 2. The maximum absolute atomic E-state index is 6.06. The Hall–Kier alpha value is -3.35. The first-order chi connectivity index (χ1) is 15.2. The van der Waals surface area contributed by atoms with E-state index in [-0.39, 0.29) is 0 Å². The van der Waals surface area contributed by atoms with Crippen LogP contribution in [0.25, 0.3) is 33.1 Å². The highest BCUT2D eigenvalue weighted by Gasteiger charge is 2.10. The van der Waals surface area contributed by atoms with Gasteiger partial charge in [-0.2, -0.15) is 5.10 Å². The molecule has 0 aliphatic rings. The van der Waals surface area contributed by atoms with E-state index in [1.807, 2.05) is 72.8 Å². The van der Waals surface area contributed by atoms with Crippen molar-refractivity contribution < 1.29 is 0 Å². The molecule has 0 bridgehead atoms. The number of pyridine rings is 1. The number of fused-ring (bicyclic) bond motifs is 2. The molecule has 0 aliphatic heterocycles. The van der Waals surface area contributed by atoms with Gasteiger partial charge in [-0.05, 0) is 54.1 Å². The van der Waals surface area contributed by atoms with Crippen LogP contribution >= 0.6 is 27.5 Å². The summed E-state index contributed by atoms with van der Waals surface area (Å²) < 4.78 is 0.961. The summed E-state index contributed by atoms with van der Waals surface area (Å²) >= 11 is 9.60. The number of rotatable bonds is 4. The van der Waals surface area contributed by atoms with Crippen LogP contribution in [0.15, 0.2) is 88.6 Å². The molecule has 0 unspecified atom stereocenters. The van der Waals surface area contributed by atoms with Crippen LogP contribution in [0.2, 0.25) is 5.02 Å². The van der Waals surface area contributed by atoms with E-state index in [0.29, 0.717) is 11.0 Å². The number of nitrogens with one attached hydrogen (secondary N) is 1. The predicted octanol–water partition coefficient (Wildman–Crippen LogP) is 6.71. The van der Waals surface area contributed by atoms with E-state index in [1.54, 1.807) is 12.4 Å². The van der Waals surface area contributed by atoms with Crippen molar-refractivity contribution in [2.75, 3.05) is 5.43 Å². The van der Waals surface area contributed by atoms with Crippen molar-refractivity contribution in [1.29, 1.82) is 0 Å². The fourth-order valence-corrected chi connectivity index (χ4v) is 3.80. The second-order valence-corrected chi connectivity index (χ2v) is 8.24. The molecule has 3 aromatic carbocycles. The molecule has 0 radical (unpaired) electrons. The Bertz CT molecular complexity index is 1430. The molecule has 0 fully saturated rings. The van der Waals surface area contributed by atoms with Gasteiger partial charge in [0.25, 0.3) is 0 Å². The van der Waals surface area contributed by atoms with Crippen molar-refractivity contribution in [3.8, 4) is 11.3 Å². The molecule has 150 valence electrons. The lowest BCUT2D eigenvalue weighted by atomic mass is 10.1. The van der Waals surface area contributed by atoms with E-state index in [9.17, 15) is 0 Å². The molecule has 5 aromatic rings. The minimum atomic E-state index is 0.415. The average molecular weight is 489 g/mol.